The highest BCUT2D eigenvalue weighted by Gasteiger charge is 2.21. The zero-order chi connectivity index (χ0) is 14.5. The molecule has 0 bridgehead atoms. The lowest BCUT2D eigenvalue weighted by molar-refractivity contribution is 0.0688. The van der Waals surface area contributed by atoms with Crippen molar-refractivity contribution in [1.82, 2.24) is 4.90 Å². The van der Waals surface area contributed by atoms with Gasteiger partial charge in [-0.25, -0.2) is 8.78 Å². The molecule has 1 fully saturated rings. The van der Waals surface area contributed by atoms with E-state index in [2.05, 4.69) is 9.98 Å². The number of hydrogen-bond acceptors (Lipinski definition) is 3. The van der Waals surface area contributed by atoms with Gasteiger partial charge in [-0.2, -0.15) is 0 Å². The van der Waals surface area contributed by atoms with Gasteiger partial charge in [0.05, 0.1) is 13.2 Å². The molecule has 2 rings (SSSR count). The number of ether oxygens (including phenoxy) is 1. The SMILES string of the molecule is CN=C(C(=NC)N1CCOCC1)c1ccc(F)c(F)c1. The lowest BCUT2D eigenvalue weighted by atomic mass is 10.1. The quantitative estimate of drug-likeness (QED) is 0.611. The molecule has 1 aromatic carbocycles. The summed E-state index contributed by atoms with van der Waals surface area (Å²) in [4.78, 5) is 10.5. The molecular formula is C14H17F2N3O. The molecule has 6 heteroatoms. The van der Waals surface area contributed by atoms with Crippen LogP contribution >= 0.6 is 0 Å². The highest BCUT2D eigenvalue weighted by Crippen LogP contribution is 2.12. The summed E-state index contributed by atoms with van der Waals surface area (Å²) in [6.45, 7) is 2.65. The summed E-state index contributed by atoms with van der Waals surface area (Å²) in [5, 5.41) is 0. The number of hydrogen-bond donors (Lipinski definition) is 0. The van der Waals surface area contributed by atoms with E-state index in [1.54, 1.807) is 14.1 Å². The van der Waals surface area contributed by atoms with Gasteiger partial charge in [0.25, 0.3) is 0 Å². The molecule has 1 heterocycles. The van der Waals surface area contributed by atoms with E-state index in [4.69, 9.17) is 4.74 Å². The summed E-state index contributed by atoms with van der Waals surface area (Å²) in [5.74, 6) is -1.09. The second-order valence-electron chi connectivity index (χ2n) is 4.35. The van der Waals surface area contributed by atoms with Gasteiger partial charge in [0.15, 0.2) is 11.6 Å². The topological polar surface area (TPSA) is 37.2 Å². The third-order valence-corrected chi connectivity index (χ3v) is 3.15. The highest BCUT2D eigenvalue weighted by molar-refractivity contribution is 6.47. The van der Waals surface area contributed by atoms with Crippen LogP contribution in [0.5, 0.6) is 0 Å². The van der Waals surface area contributed by atoms with Gasteiger partial charge in [0.2, 0.25) is 0 Å². The van der Waals surface area contributed by atoms with Crippen molar-refractivity contribution in [2.75, 3.05) is 40.4 Å². The van der Waals surface area contributed by atoms with E-state index in [9.17, 15) is 8.78 Å². The van der Waals surface area contributed by atoms with Gasteiger partial charge >= 0.3 is 0 Å². The second kappa shape index (κ2) is 6.56. The third kappa shape index (κ3) is 3.01. The summed E-state index contributed by atoms with van der Waals surface area (Å²) < 4.78 is 31.7. The number of morpholine rings is 1. The molecule has 0 unspecified atom stereocenters. The van der Waals surface area contributed by atoms with E-state index in [0.717, 1.165) is 12.1 Å². The Bertz CT molecular complexity index is 537. The molecule has 0 saturated carbocycles. The maximum Gasteiger partial charge on any atom is 0.159 e. The van der Waals surface area contributed by atoms with Gasteiger partial charge in [-0.1, -0.05) is 0 Å². The molecular weight excluding hydrogens is 264 g/mol. The van der Waals surface area contributed by atoms with E-state index >= 15 is 0 Å². The minimum Gasteiger partial charge on any atom is -0.378 e. The second-order valence-corrected chi connectivity index (χ2v) is 4.35. The Morgan fingerprint density at radius 2 is 1.80 bits per heavy atom. The van der Waals surface area contributed by atoms with E-state index in [1.165, 1.54) is 6.07 Å². The molecule has 20 heavy (non-hydrogen) atoms. The van der Waals surface area contributed by atoms with Crippen LogP contribution in [0.4, 0.5) is 8.78 Å². The van der Waals surface area contributed by atoms with Crippen molar-refractivity contribution in [2.24, 2.45) is 9.98 Å². The predicted molar refractivity (Wildman–Crippen MR) is 74.6 cm³/mol. The standard InChI is InChI=1S/C14H17F2N3O/c1-17-13(10-3-4-11(15)12(16)9-10)14(18-2)19-5-7-20-8-6-19/h3-4,9H,5-8H2,1-2H3. The fourth-order valence-electron chi connectivity index (χ4n) is 2.17. The average molecular weight is 281 g/mol. The number of benzene rings is 1. The summed E-state index contributed by atoms with van der Waals surface area (Å²) in [6.07, 6.45) is 0. The molecule has 1 aromatic rings. The third-order valence-electron chi connectivity index (χ3n) is 3.15. The van der Waals surface area contributed by atoms with E-state index in [-0.39, 0.29) is 0 Å². The molecule has 1 saturated heterocycles. The summed E-state index contributed by atoms with van der Waals surface area (Å²) >= 11 is 0. The zero-order valence-corrected chi connectivity index (χ0v) is 11.6. The Morgan fingerprint density at radius 1 is 1.10 bits per heavy atom. The molecule has 0 aliphatic carbocycles. The van der Waals surface area contributed by atoms with Crippen molar-refractivity contribution in [3.8, 4) is 0 Å². The molecule has 0 N–H and O–H groups in total. The van der Waals surface area contributed by atoms with Crippen LogP contribution in [-0.2, 0) is 4.74 Å². The first-order chi connectivity index (χ1) is 9.67. The lowest BCUT2D eigenvalue weighted by Gasteiger charge is -2.30. The predicted octanol–water partition coefficient (Wildman–Crippen LogP) is 1.74. The van der Waals surface area contributed by atoms with E-state index < -0.39 is 11.6 Å². The molecule has 4 nitrogen and oxygen atoms in total. The summed E-state index contributed by atoms with van der Waals surface area (Å²) in [7, 11) is 3.28. The van der Waals surface area contributed by atoms with Crippen LogP contribution in [0.3, 0.4) is 0 Å². The van der Waals surface area contributed by atoms with Gasteiger partial charge in [0, 0.05) is 32.7 Å². The van der Waals surface area contributed by atoms with Gasteiger partial charge in [-0.15, -0.1) is 0 Å². The normalized spacial score (nSPS) is 17.5. The van der Waals surface area contributed by atoms with Crippen LogP contribution in [0.25, 0.3) is 0 Å². The lowest BCUT2D eigenvalue weighted by Crippen LogP contribution is -2.44. The molecule has 108 valence electrons. The monoisotopic (exact) mass is 281 g/mol. The number of nitrogens with zero attached hydrogens (tertiary/aromatic N) is 3. The molecule has 1 aliphatic heterocycles. The van der Waals surface area contributed by atoms with Crippen molar-refractivity contribution in [3.05, 3.63) is 35.4 Å². The van der Waals surface area contributed by atoms with Crippen molar-refractivity contribution >= 4 is 11.5 Å². The van der Waals surface area contributed by atoms with Crippen LogP contribution in [0.2, 0.25) is 0 Å². The zero-order valence-electron chi connectivity index (χ0n) is 11.6. The van der Waals surface area contributed by atoms with Crippen molar-refractivity contribution < 1.29 is 13.5 Å². The Labute approximate surface area is 116 Å². The van der Waals surface area contributed by atoms with Crippen molar-refractivity contribution in [3.63, 3.8) is 0 Å². The minimum atomic E-state index is -0.888. The first-order valence-corrected chi connectivity index (χ1v) is 6.39. The van der Waals surface area contributed by atoms with E-state index in [1.807, 2.05) is 4.90 Å². The first kappa shape index (κ1) is 14.6. The van der Waals surface area contributed by atoms with Crippen LogP contribution in [0.1, 0.15) is 5.56 Å². The van der Waals surface area contributed by atoms with Crippen LogP contribution in [0.15, 0.2) is 28.2 Å². The Morgan fingerprint density at radius 3 is 2.35 bits per heavy atom. The Hall–Kier alpha value is -1.82. The van der Waals surface area contributed by atoms with Crippen LogP contribution in [-0.4, -0.2) is 56.8 Å². The van der Waals surface area contributed by atoms with Crippen molar-refractivity contribution in [1.29, 1.82) is 0 Å². The van der Waals surface area contributed by atoms with Crippen molar-refractivity contribution in [2.45, 2.75) is 0 Å². The maximum absolute atomic E-state index is 13.4. The molecule has 0 aromatic heterocycles. The first-order valence-electron chi connectivity index (χ1n) is 6.39. The Balaban J connectivity index is 2.32. The van der Waals surface area contributed by atoms with Crippen LogP contribution < -0.4 is 0 Å². The number of halogens is 2. The maximum atomic E-state index is 13.4. The fourth-order valence-corrected chi connectivity index (χ4v) is 2.17. The molecule has 0 radical (unpaired) electrons. The minimum absolute atomic E-state index is 0.512. The fraction of sp³-hybridized carbons (Fsp3) is 0.429. The number of amidine groups is 1. The number of rotatable bonds is 2. The molecule has 0 spiro atoms. The van der Waals surface area contributed by atoms with Gasteiger partial charge in [0.1, 0.15) is 11.5 Å². The Kier molecular flexibility index (Phi) is 4.79. The molecule has 1 aliphatic rings. The highest BCUT2D eigenvalue weighted by atomic mass is 19.2. The van der Waals surface area contributed by atoms with Crippen LogP contribution in [0, 0.1) is 11.6 Å². The summed E-state index contributed by atoms with van der Waals surface area (Å²) in [5.41, 5.74) is 1.06. The largest absolute Gasteiger partial charge is 0.378 e. The molecule has 0 amide bonds. The summed E-state index contributed by atoms with van der Waals surface area (Å²) in [6, 6.07) is 3.75. The van der Waals surface area contributed by atoms with Gasteiger partial charge in [-0.3, -0.25) is 9.98 Å². The van der Waals surface area contributed by atoms with Gasteiger partial charge in [-0.05, 0) is 18.2 Å². The van der Waals surface area contributed by atoms with Gasteiger partial charge < -0.3 is 9.64 Å². The smallest absolute Gasteiger partial charge is 0.159 e. The van der Waals surface area contributed by atoms with E-state index in [0.29, 0.717) is 43.4 Å². The average Bonchev–Trinajstić information content (AvgIpc) is 2.48. The molecule has 0 atom stereocenters. The number of aliphatic imine (C=N–C) groups is 2.